The number of hydrogen-bond acceptors (Lipinski definition) is 5. The summed E-state index contributed by atoms with van der Waals surface area (Å²) >= 11 is 0. The Morgan fingerprint density at radius 2 is 1.85 bits per heavy atom. The van der Waals surface area contributed by atoms with E-state index >= 15 is 0 Å². The molecular weight excluding hydrogens is 334 g/mol. The van der Waals surface area contributed by atoms with Crippen LogP contribution in [0.2, 0.25) is 0 Å². The molecule has 0 unspecified atom stereocenters. The smallest absolute Gasteiger partial charge is 0.410 e. The van der Waals surface area contributed by atoms with Crippen LogP contribution in [0.3, 0.4) is 0 Å². The van der Waals surface area contributed by atoms with E-state index in [1.54, 1.807) is 4.90 Å². The molecule has 0 aromatic heterocycles. The van der Waals surface area contributed by atoms with Gasteiger partial charge in [-0.1, -0.05) is 18.2 Å². The van der Waals surface area contributed by atoms with Gasteiger partial charge in [0.05, 0.1) is 7.11 Å². The lowest BCUT2D eigenvalue weighted by Crippen LogP contribution is -2.51. The number of ether oxygens (including phenoxy) is 3. The fourth-order valence-electron chi connectivity index (χ4n) is 3.85. The Morgan fingerprint density at radius 3 is 2.46 bits per heavy atom. The number of para-hydroxylation sites is 1. The standard InChI is InChI=1S/C20H27NO5/c1-19(2,3)26-18(23)21-11-9-20(10-12-21)13-16(17(22)24-4)25-15-8-6-5-7-14(15)20/h5-8,16H,9-13H2,1-4H3/t16-/m1/s1. The van der Waals surface area contributed by atoms with E-state index in [2.05, 4.69) is 6.07 Å². The van der Waals surface area contributed by atoms with E-state index in [1.807, 2.05) is 39.0 Å². The van der Waals surface area contributed by atoms with Crippen molar-refractivity contribution in [1.29, 1.82) is 0 Å². The Kier molecular flexibility index (Phi) is 4.86. The maximum absolute atomic E-state index is 12.4. The maximum atomic E-state index is 12.4. The number of methoxy groups -OCH3 is 1. The van der Waals surface area contributed by atoms with Crippen molar-refractivity contribution >= 4 is 12.1 Å². The number of amides is 1. The Bertz CT molecular complexity index is 686. The van der Waals surface area contributed by atoms with Crippen molar-refractivity contribution in [2.24, 2.45) is 0 Å². The molecule has 3 rings (SSSR count). The van der Waals surface area contributed by atoms with Gasteiger partial charge in [-0.2, -0.15) is 0 Å². The van der Waals surface area contributed by atoms with Crippen LogP contribution in [0.5, 0.6) is 5.75 Å². The third-order valence-corrected chi connectivity index (χ3v) is 5.14. The van der Waals surface area contributed by atoms with Crippen LogP contribution in [-0.4, -0.2) is 48.9 Å². The first-order valence-corrected chi connectivity index (χ1v) is 9.06. The highest BCUT2D eigenvalue weighted by molar-refractivity contribution is 5.76. The third-order valence-electron chi connectivity index (χ3n) is 5.14. The van der Waals surface area contributed by atoms with Crippen LogP contribution in [-0.2, 0) is 19.7 Å². The lowest BCUT2D eigenvalue weighted by molar-refractivity contribution is -0.151. The lowest BCUT2D eigenvalue weighted by Gasteiger charge is -2.46. The SMILES string of the molecule is COC(=O)[C@H]1CC2(CCN(C(=O)OC(C)(C)C)CC2)c2ccccc2O1. The monoisotopic (exact) mass is 361 g/mol. The molecule has 1 atom stereocenters. The summed E-state index contributed by atoms with van der Waals surface area (Å²) in [6.45, 7) is 6.79. The van der Waals surface area contributed by atoms with Crippen molar-refractivity contribution < 1.29 is 23.8 Å². The molecule has 1 saturated heterocycles. The Morgan fingerprint density at radius 1 is 1.19 bits per heavy atom. The van der Waals surface area contributed by atoms with Crippen LogP contribution in [0.25, 0.3) is 0 Å². The molecule has 6 heteroatoms. The van der Waals surface area contributed by atoms with Crippen molar-refractivity contribution in [2.45, 2.75) is 57.2 Å². The van der Waals surface area contributed by atoms with Crippen LogP contribution in [0.15, 0.2) is 24.3 Å². The number of piperidine rings is 1. The largest absolute Gasteiger partial charge is 0.478 e. The second-order valence-corrected chi connectivity index (χ2v) is 8.08. The molecular formula is C20H27NO5. The summed E-state index contributed by atoms with van der Waals surface area (Å²) < 4.78 is 16.3. The Labute approximate surface area is 154 Å². The third kappa shape index (κ3) is 3.64. The first-order valence-electron chi connectivity index (χ1n) is 9.06. The Balaban J connectivity index is 1.79. The molecule has 0 aliphatic carbocycles. The highest BCUT2D eigenvalue weighted by Crippen LogP contribution is 2.47. The molecule has 1 spiro atoms. The van der Waals surface area contributed by atoms with Crippen molar-refractivity contribution in [3.8, 4) is 5.75 Å². The van der Waals surface area contributed by atoms with E-state index in [0.29, 0.717) is 19.5 Å². The molecule has 6 nitrogen and oxygen atoms in total. The minimum Gasteiger partial charge on any atom is -0.478 e. The zero-order valence-electron chi connectivity index (χ0n) is 15.9. The highest BCUT2D eigenvalue weighted by atomic mass is 16.6. The summed E-state index contributed by atoms with van der Waals surface area (Å²) in [5, 5.41) is 0. The molecule has 1 amide bonds. The predicted molar refractivity (Wildman–Crippen MR) is 96.2 cm³/mol. The van der Waals surface area contributed by atoms with Crippen molar-refractivity contribution in [1.82, 2.24) is 4.90 Å². The number of benzene rings is 1. The molecule has 142 valence electrons. The molecule has 2 aliphatic heterocycles. The first-order chi connectivity index (χ1) is 12.2. The summed E-state index contributed by atoms with van der Waals surface area (Å²) in [6, 6.07) is 7.85. The zero-order valence-corrected chi connectivity index (χ0v) is 15.9. The average molecular weight is 361 g/mol. The van der Waals surface area contributed by atoms with Crippen molar-refractivity contribution in [3.05, 3.63) is 29.8 Å². The number of fused-ring (bicyclic) bond motifs is 2. The first kappa shape index (κ1) is 18.5. The molecule has 2 aliphatic rings. The van der Waals surface area contributed by atoms with Gasteiger partial charge in [0.15, 0.2) is 6.10 Å². The Hall–Kier alpha value is -2.24. The van der Waals surface area contributed by atoms with E-state index in [0.717, 1.165) is 24.2 Å². The van der Waals surface area contributed by atoms with Crippen LogP contribution in [0, 0.1) is 0 Å². The summed E-state index contributed by atoms with van der Waals surface area (Å²) in [5.41, 5.74) is 0.420. The van der Waals surface area contributed by atoms with Gasteiger partial charge in [0.25, 0.3) is 0 Å². The normalized spacial score (nSPS) is 21.5. The molecule has 0 N–H and O–H groups in total. The molecule has 0 radical (unpaired) electrons. The van der Waals surface area contributed by atoms with Gasteiger partial charge in [-0.15, -0.1) is 0 Å². The minimum atomic E-state index is -0.608. The predicted octanol–water partition coefficient (Wildman–Crippen LogP) is 3.28. The second kappa shape index (κ2) is 6.82. The van der Waals surface area contributed by atoms with Crippen LogP contribution < -0.4 is 4.74 Å². The summed E-state index contributed by atoms with van der Waals surface area (Å²) in [4.78, 5) is 26.2. The number of esters is 1. The highest BCUT2D eigenvalue weighted by Gasteiger charge is 2.46. The van der Waals surface area contributed by atoms with Crippen LogP contribution >= 0.6 is 0 Å². The minimum absolute atomic E-state index is 0.188. The van der Waals surface area contributed by atoms with Gasteiger partial charge in [0.2, 0.25) is 0 Å². The number of nitrogens with zero attached hydrogens (tertiary/aromatic N) is 1. The molecule has 26 heavy (non-hydrogen) atoms. The van der Waals surface area contributed by atoms with Gasteiger partial charge in [-0.25, -0.2) is 9.59 Å². The fourth-order valence-corrected chi connectivity index (χ4v) is 3.85. The molecule has 1 aromatic carbocycles. The van der Waals surface area contributed by atoms with E-state index in [-0.39, 0.29) is 17.5 Å². The van der Waals surface area contributed by atoms with E-state index in [1.165, 1.54) is 7.11 Å². The van der Waals surface area contributed by atoms with Gasteiger partial charge < -0.3 is 19.1 Å². The summed E-state index contributed by atoms with van der Waals surface area (Å²) in [6.07, 6.45) is 1.21. The molecule has 0 saturated carbocycles. The van der Waals surface area contributed by atoms with E-state index in [9.17, 15) is 9.59 Å². The van der Waals surface area contributed by atoms with Gasteiger partial charge in [0, 0.05) is 30.5 Å². The van der Waals surface area contributed by atoms with E-state index in [4.69, 9.17) is 14.2 Å². The molecule has 1 fully saturated rings. The number of hydrogen-bond donors (Lipinski definition) is 0. The van der Waals surface area contributed by atoms with Gasteiger partial charge >= 0.3 is 12.1 Å². The fraction of sp³-hybridized carbons (Fsp3) is 0.600. The van der Waals surface area contributed by atoms with Gasteiger partial charge in [0.1, 0.15) is 11.4 Å². The summed E-state index contributed by atoms with van der Waals surface area (Å²) in [5.74, 6) is 0.383. The maximum Gasteiger partial charge on any atom is 0.410 e. The number of carbonyl (C=O) groups is 2. The van der Waals surface area contributed by atoms with Crippen LogP contribution in [0.1, 0.15) is 45.6 Å². The summed E-state index contributed by atoms with van der Waals surface area (Å²) in [7, 11) is 1.38. The molecule has 0 bridgehead atoms. The van der Waals surface area contributed by atoms with Crippen LogP contribution in [0.4, 0.5) is 4.79 Å². The molecule has 2 heterocycles. The molecule has 1 aromatic rings. The van der Waals surface area contributed by atoms with Gasteiger partial charge in [-0.3, -0.25) is 0 Å². The topological polar surface area (TPSA) is 65.1 Å². The number of likely N-dealkylation sites (tertiary alicyclic amines) is 1. The average Bonchev–Trinajstić information content (AvgIpc) is 2.60. The van der Waals surface area contributed by atoms with Crippen molar-refractivity contribution in [3.63, 3.8) is 0 Å². The second-order valence-electron chi connectivity index (χ2n) is 8.08. The van der Waals surface area contributed by atoms with Crippen molar-refractivity contribution in [2.75, 3.05) is 20.2 Å². The number of rotatable bonds is 1. The lowest BCUT2D eigenvalue weighted by atomic mass is 9.67. The van der Waals surface area contributed by atoms with Gasteiger partial charge in [-0.05, 0) is 39.7 Å². The number of carbonyl (C=O) groups excluding carboxylic acids is 2. The van der Waals surface area contributed by atoms with E-state index < -0.39 is 11.7 Å². The quantitative estimate of drug-likeness (QED) is 0.718. The zero-order chi connectivity index (χ0) is 18.9.